The van der Waals surface area contributed by atoms with Crippen LogP contribution in [0.15, 0.2) is 53.4 Å². The smallest absolute Gasteiger partial charge is 0.353 e. The molecular formula is C24H27N7O5. The van der Waals surface area contributed by atoms with Crippen LogP contribution >= 0.6 is 0 Å². The Labute approximate surface area is 207 Å². The van der Waals surface area contributed by atoms with E-state index in [0.29, 0.717) is 58.2 Å². The van der Waals surface area contributed by atoms with Gasteiger partial charge in [0.1, 0.15) is 12.1 Å². The molecule has 12 nitrogen and oxygen atoms in total. The third kappa shape index (κ3) is 4.61. The number of benzene rings is 1. The lowest BCUT2D eigenvalue weighted by Crippen LogP contribution is -2.49. The number of carbonyl (C=O) groups is 1. The van der Waals surface area contributed by atoms with Crippen molar-refractivity contribution in [3.8, 4) is 5.75 Å². The maximum Gasteiger partial charge on any atom is 0.353 e. The molecule has 1 amide bonds. The molecule has 0 aliphatic carbocycles. The van der Waals surface area contributed by atoms with Gasteiger partial charge in [-0.3, -0.25) is 14.9 Å². The zero-order valence-electron chi connectivity index (χ0n) is 19.9. The number of anilines is 3. The van der Waals surface area contributed by atoms with Gasteiger partial charge in [-0.2, -0.15) is 0 Å². The molecular weight excluding hydrogens is 466 g/mol. The van der Waals surface area contributed by atoms with Gasteiger partial charge < -0.3 is 28.8 Å². The van der Waals surface area contributed by atoms with Gasteiger partial charge in [-0.05, 0) is 36.4 Å². The molecule has 0 spiro atoms. The fourth-order valence-electron chi connectivity index (χ4n) is 4.63. The number of nitrogens with zero attached hydrogens (tertiary/aromatic N) is 7. The SMILES string of the molecule is COc1ccc(N2CCN(c3ncnc(N4CCN(C(=O)c5ccco5)CC4)c3[N+](=O)[O-])CC2)cc1. The molecule has 3 aromatic rings. The van der Waals surface area contributed by atoms with Gasteiger partial charge in [0, 0.05) is 58.0 Å². The Morgan fingerprint density at radius 3 is 2.03 bits per heavy atom. The third-order valence-corrected chi connectivity index (χ3v) is 6.58. The molecule has 2 aliphatic rings. The first-order valence-electron chi connectivity index (χ1n) is 11.8. The van der Waals surface area contributed by atoms with E-state index < -0.39 is 4.92 Å². The van der Waals surface area contributed by atoms with Crippen molar-refractivity contribution in [1.29, 1.82) is 0 Å². The Morgan fingerprint density at radius 2 is 1.50 bits per heavy atom. The van der Waals surface area contributed by atoms with Crippen molar-refractivity contribution >= 4 is 28.9 Å². The maximum atomic E-state index is 12.6. The summed E-state index contributed by atoms with van der Waals surface area (Å²) in [5.74, 6) is 1.51. The van der Waals surface area contributed by atoms with E-state index in [4.69, 9.17) is 9.15 Å². The van der Waals surface area contributed by atoms with E-state index in [1.165, 1.54) is 12.6 Å². The average molecular weight is 494 g/mol. The summed E-state index contributed by atoms with van der Waals surface area (Å²) < 4.78 is 10.4. The highest BCUT2D eigenvalue weighted by Gasteiger charge is 2.33. The molecule has 0 saturated carbocycles. The zero-order chi connectivity index (χ0) is 25.1. The molecule has 4 heterocycles. The molecule has 5 rings (SSSR count). The highest BCUT2D eigenvalue weighted by molar-refractivity contribution is 5.91. The maximum absolute atomic E-state index is 12.6. The van der Waals surface area contributed by atoms with Crippen LogP contribution in [0.4, 0.5) is 23.0 Å². The van der Waals surface area contributed by atoms with Gasteiger partial charge in [-0.15, -0.1) is 0 Å². The number of nitro groups is 1. The standard InChI is InChI=1S/C24H27N7O5/c1-35-19-6-4-18(5-7-19)27-8-10-28(11-9-27)22-21(31(33)34)23(26-17-25-22)29-12-14-30(15-13-29)24(32)20-3-2-16-36-20/h2-7,16-17H,8-15H2,1H3. The molecule has 12 heteroatoms. The number of piperazine rings is 2. The van der Waals surface area contributed by atoms with E-state index in [-0.39, 0.29) is 23.2 Å². The highest BCUT2D eigenvalue weighted by atomic mass is 16.6. The molecule has 0 N–H and O–H groups in total. The summed E-state index contributed by atoms with van der Waals surface area (Å²) in [4.78, 5) is 40.6. The second-order valence-corrected chi connectivity index (χ2v) is 8.56. The number of rotatable bonds is 6. The number of hydrogen-bond acceptors (Lipinski definition) is 10. The second kappa shape index (κ2) is 10.1. The van der Waals surface area contributed by atoms with Crippen molar-refractivity contribution in [2.24, 2.45) is 0 Å². The quantitative estimate of drug-likeness (QED) is 0.373. The summed E-state index contributed by atoms with van der Waals surface area (Å²) >= 11 is 0. The highest BCUT2D eigenvalue weighted by Crippen LogP contribution is 2.35. The summed E-state index contributed by atoms with van der Waals surface area (Å²) in [6.45, 7) is 4.27. The van der Waals surface area contributed by atoms with E-state index in [1.54, 1.807) is 24.1 Å². The van der Waals surface area contributed by atoms with Gasteiger partial charge in [0.05, 0.1) is 18.3 Å². The van der Waals surface area contributed by atoms with E-state index in [1.807, 2.05) is 34.1 Å². The Hall–Kier alpha value is -4.35. The molecule has 36 heavy (non-hydrogen) atoms. The topological polar surface area (TPSA) is 121 Å². The van der Waals surface area contributed by atoms with Gasteiger partial charge in [0.15, 0.2) is 5.76 Å². The van der Waals surface area contributed by atoms with E-state index in [0.717, 1.165) is 11.4 Å². The van der Waals surface area contributed by atoms with Crippen molar-refractivity contribution in [3.05, 3.63) is 64.9 Å². The van der Waals surface area contributed by atoms with E-state index in [2.05, 4.69) is 14.9 Å². The minimum atomic E-state index is -0.402. The molecule has 2 aromatic heterocycles. The molecule has 0 atom stereocenters. The van der Waals surface area contributed by atoms with Gasteiger partial charge in [-0.25, -0.2) is 9.97 Å². The predicted molar refractivity (Wildman–Crippen MR) is 133 cm³/mol. The monoisotopic (exact) mass is 493 g/mol. The van der Waals surface area contributed by atoms with Crippen LogP contribution in [0.5, 0.6) is 5.75 Å². The fourth-order valence-corrected chi connectivity index (χ4v) is 4.63. The summed E-state index contributed by atoms with van der Waals surface area (Å²) in [6, 6.07) is 11.2. The number of hydrogen-bond donors (Lipinski definition) is 0. The number of methoxy groups -OCH3 is 1. The van der Waals surface area contributed by atoms with E-state index >= 15 is 0 Å². The second-order valence-electron chi connectivity index (χ2n) is 8.56. The molecule has 1 aromatic carbocycles. The number of carbonyl (C=O) groups excluding carboxylic acids is 1. The van der Waals surface area contributed by atoms with Crippen LogP contribution in [0.3, 0.4) is 0 Å². The summed E-state index contributed by atoms with van der Waals surface area (Å²) in [6.07, 6.45) is 2.85. The van der Waals surface area contributed by atoms with E-state index in [9.17, 15) is 14.9 Å². The zero-order valence-corrected chi connectivity index (χ0v) is 19.9. The molecule has 188 valence electrons. The van der Waals surface area contributed by atoms with Gasteiger partial charge >= 0.3 is 5.69 Å². The van der Waals surface area contributed by atoms with Crippen LogP contribution in [0.25, 0.3) is 0 Å². The average Bonchev–Trinajstić information content (AvgIpc) is 3.48. The summed E-state index contributed by atoms with van der Waals surface area (Å²) in [7, 11) is 1.64. The van der Waals surface area contributed by atoms with Crippen molar-refractivity contribution in [2.75, 3.05) is 74.2 Å². The van der Waals surface area contributed by atoms with Gasteiger partial charge in [-0.1, -0.05) is 0 Å². The van der Waals surface area contributed by atoms with Gasteiger partial charge in [0.2, 0.25) is 11.6 Å². The number of aromatic nitrogens is 2. The molecule has 0 bridgehead atoms. The molecule has 0 radical (unpaired) electrons. The normalized spacial score (nSPS) is 16.2. The first-order chi connectivity index (χ1) is 17.5. The van der Waals surface area contributed by atoms with Crippen LogP contribution < -0.4 is 19.4 Å². The van der Waals surface area contributed by atoms with Crippen LogP contribution in [0.2, 0.25) is 0 Å². The van der Waals surface area contributed by atoms with Crippen LogP contribution in [0, 0.1) is 10.1 Å². The molecule has 2 aliphatic heterocycles. The lowest BCUT2D eigenvalue weighted by Gasteiger charge is -2.37. The van der Waals surface area contributed by atoms with Crippen molar-refractivity contribution in [1.82, 2.24) is 14.9 Å². The van der Waals surface area contributed by atoms with Gasteiger partial charge in [0.25, 0.3) is 5.91 Å². The Balaban J connectivity index is 1.28. The van der Waals surface area contributed by atoms with Crippen molar-refractivity contribution in [3.63, 3.8) is 0 Å². The van der Waals surface area contributed by atoms with Crippen LogP contribution in [0.1, 0.15) is 10.6 Å². The summed E-state index contributed by atoms with van der Waals surface area (Å²) in [5.41, 5.74) is 0.983. The minimum Gasteiger partial charge on any atom is -0.497 e. The first-order valence-corrected chi connectivity index (χ1v) is 11.8. The Bertz CT molecular complexity index is 1200. The molecule has 2 saturated heterocycles. The fraction of sp³-hybridized carbons (Fsp3) is 0.375. The number of furan rings is 1. The first kappa shape index (κ1) is 23.4. The minimum absolute atomic E-state index is 0.0961. The molecule has 2 fully saturated rings. The lowest BCUT2D eigenvalue weighted by atomic mass is 10.2. The van der Waals surface area contributed by atoms with Crippen LogP contribution in [-0.2, 0) is 0 Å². The predicted octanol–water partition coefficient (Wildman–Crippen LogP) is 2.28. The summed E-state index contributed by atoms with van der Waals surface area (Å²) in [5, 5.41) is 12.2. The Kier molecular flexibility index (Phi) is 6.56. The largest absolute Gasteiger partial charge is 0.497 e. The third-order valence-electron chi connectivity index (χ3n) is 6.58. The van der Waals surface area contributed by atoms with Crippen LogP contribution in [-0.4, -0.2) is 85.2 Å². The number of ether oxygens (including phenoxy) is 1. The number of amides is 1. The Morgan fingerprint density at radius 1 is 0.917 bits per heavy atom. The lowest BCUT2D eigenvalue weighted by molar-refractivity contribution is -0.383. The van der Waals surface area contributed by atoms with Crippen molar-refractivity contribution < 1.29 is 18.9 Å². The molecule has 0 unspecified atom stereocenters. The van der Waals surface area contributed by atoms with Crippen molar-refractivity contribution in [2.45, 2.75) is 0 Å².